The van der Waals surface area contributed by atoms with Crippen molar-refractivity contribution < 1.29 is 27.7 Å². The van der Waals surface area contributed by atoms with E-state index in [0.717, 1.165) is 5.56 Å². The summed E-state index contributed by atoms with van der Waals surface area (Å²) in [6, 6.07) is 17.6. The van der Waals surface area contributed by atoms with Crippen molar-refractivity contribution in [2.24, 2.45) is 0 Å². The van der Waals surface area contributed by atoms with Crippen LogP contribution in [0.5, 0.6) is 0 Å². The van der Waals surface area contributed by atoms with Gasteiger partial charge in [-0.1, -0.05) is 45.0 Å². The minimum atomic E-state index is -1.96. The van der Waals surface area contributed by atoms with Crippen molar-refractivity contribution in [3.05, 3.63) is 94.8 Å². The Labute approximate surface area is 222 Å². The third kappa shape index (κ3) is 3.93. The van der Waals surface area contributed by atoms with Gasteiger partial charge in [-0.3, -0.25) is 18.7 Å². The maximum absolute atomic E-state index is 14.3. The largest absolute Gasteiger partial charge is 0.465 e. The molecule has 38 heavy (non-hydrogen) atoms. The van der Waals surface area contributed by atoms with Crippen LogP contribution in [0.3, 0.4) is 0 Å². The lowest BCUT2D eigenvalue weighted by atomic mass is 9.87. The summed E-state index contributed by atoms with van der Waals surface area (Å²) in [6.45, 7) is 6.27. The van der Waals surface area contributed by atoms with Crippen molar-refractivity contribution in [2.75, 3.05) is 22.7 Å². The molecule has 0 N–H and O–H groups in total. The molecule has 5 rings (SSSR count). The van der Waals surface area contributed by atoms with Gasteiger partial charge in [0.25, 0.3) is 5.91 Å². The Hall–Kier alpha value is -3.85. The first-order chi connectivity index (χ1) is 18.0. The molecule has 2 aliphatic heterocycles. The third-order valence-corrected chi connectivity index (χ3v) is 8.75. The standard InChI is InChI=1S/C29H27FN2O5S/c1-28(2,3)20-8-12-22(13-9-20)32-25(33)17-38(36)29(32)23-15-19(26(34)37-4)7-14-24(23)31(27(29)35)16-18-5-10-21(30)11-6-18/h5-15H,16-17H2,1-4H3. The van der Waals surface area contributed by atoms with E-state index in [0.29, 0.717) is 16.9 Å². The van der Waals surface area contributed by atoms with Gasteiger partial charge in [0, 0.05) is 11.3 Å². The highest BCUT2D eigenvalue weighted by Crippen LogP contribution is 2.51. The molecule has 3 aromatic carbocycles. The van der Waals surface area contributed by atoms with E-state index in [9.17, 15) is 23.0 Å². The number of methoxy groups -OCH3 is 1. The monoisotopic (exact) mass is 534 g/mol. The molecule has 3 aromatic rings. The number of rotatable bonds is 4. The number of anilines is 2. The van der Waals surface area contributed by atoms with Crippen LogP contribution in [0.2, 0.25) is 0 Å². The molecule has 196 valence electrons. The Balaban J connectivity index is 1.70. The van der Waals surface area contributed by atoms with Gasteiger partial charge in [-0.05, 0) is 59.0 Å². The van der Waals surface area contributed by atoms with Gasteiger partial charge in [0.2, 0.25) is 10.8 Å². The first-order valence-corrected chi connectivity index (χ1v) is 13.4. The summed E-state index contributed by atoms with van der Waals surface area (Å²) in [4.78, 5) is 41.0. The van der Waals surface area contributed by atoms with Crippen LogP contribution in [0.4, 0.5) is 15.8 Å². The SMILES string of the molecule is COC(=O)c1ccc2c(c1)C1(C(=O)N2Cc2ccc(F)cc2)N(c2ccc(C(C)(C)C)cc2)C(=O)CS1=O. The molecule has 0 aromatic heterocycles. The lowest BCUT2D eigenvalue weighted by molar-refractivity contribution is -0.123. The number of amides is 2. The van der Waals surface area contributed by atoms with Crippen LogP contribution >= 0.6 is 0 Å². The Morgan fingerprint density at radius 1 is 1.03 bits per heavy atom. The van der Waals surface area contributed by atoms with Crippen molar-refractivity contribution >= 4 is 40.0 Å². The molecule has 2 aliphatic rings. The van der Waals surface area contributed by atoms with E-state index in [1.54, 1.807) is 30.3 Å². The minimum absolute atomic E-state index is 0.0631. The summed E-state index contributed by atoms with van der Waals surface area (Å²) in [5.41, 5.74) is 2.86. The van der Waals surface area contributed by atoms with E-state index in [2.05, 4.69) is 20.8 Å². The summed E-state index contributed by atoms with van der Waals surface area (Å²) in [5, 5.41) is 0. The summed E-state index contributed by atoms with van der Waals surface area (Å²) in [5.74, 6) is -2.39. The van der Waals surface area contributed by atoms with E-state index in [-0.39, 0.29) is 28.8 Å². The Morgan fingerprint density at radius 3 is 2.29 bits per heavy atom. The summed E-state index contributed by atoms with van der Waals surface area (Å²) in [7, 11) is -0.716. The van der Waals surface area contributed by atoms with E-state index >= 15 is 0 Å². The van der Waals surface area contributed by atoms with Crippen LogP contribution in [-0.2, 0) is 42.0 Å². The molecule has 1 spiro atoms. The molecule has 1 saturated heterocycles. The highest BCUT2D eigenvalue weighted by Gasteiger charge is 2.65. The molecule has 0 bridgehead atoms. The zero-order chi connectivity index (χ0) is 27.4. The predicted octanol–water partition coefficient (Wildman–Crippen LogP) is 4.40. The summed E-state index contributed by atoms with van der Waals surface area (Å²) < 4.78 is 32.2. The average Bonchev–Trinajstić information content (AvgIpc) is 3.29. The van der Waals surface area contributed by atoms with E-state index in [1.807, 2.05) is 12.1 Å². The van der Waals surface area contributed by atoms with Crippen LogP contribution in [0, 0.1) is 5.82 Å². The van der Waals surface area contributed by atoms with Gasteiger partial charge >= 0.3 is 5.97 Å². The van der Waals surface area contributed by atoms with Gasteiger partial charge in [-0.25, -0.2) is 9.18 Å². The van der Waals surface area contributed by atoms with Gasteiger partial charge in [0.15, 0.2) is 0 Å². The number of fused-ring (bicyclic) bond motifs is 2. The van der Waals surface area contributed by atoms with Gasteiger partial charge in [0.05, 0.1) is 35.7 Å². The number of hydrogen-bond donors (Lipinski definition) is 0. The zero-order valence-electron chi connectivity index (χ0n) is 21.5. The van der Waals surface area contributed by atoms with Crippen molar-refractivity contribution in [1.82, 2.24) is 0 Å². The number of benzene rings is 3. The summed E-state index contributed by atoms with van der Waals surface area (Å²) >= 11 is 0. The van der Waals surface area contributed by atoms with Gasteiger partial charge in [-0.15, -0.1) is 0 Å². The van der Waals surface area contributed by atoms with E-state index in [4.69, 9.17) is 4.74 Å². The lowest BCUT2D eigenvalue weighted by Gasteiger charge is -2.33. The van der Waals surface area contributed by atoms with E-state index < -0.39 is 39.3 Å². The Kier molecular flexibility index (Phi) is 6.22. The van der Waals surface area contributed by atoms with Crippen molar-refractivity contribution in [3.8, 4) is 0 Å². The van der Waals surface area contributed by atoms with Crippen molar-refractivity contribution in [3.63, 3.8) is 0 Å². The normalized spacial score (nSPS) is 20.8. The molecular formula is C29H27FN2O5S. The molecule has 0 saturated carbocycles. The fourth-order valence-corrected chi connectivity index (χ4v) is 6.74. The van der Waals surface area contributed by atoms with E-state index in [1.165, 1.54) is 41.2 Å². The van der Waals surface area contributed by atoms with Crippen LogP contribution < -0.4 is 9.80 Å². The van der Waals surface area contributed by atoms with Gasteiger partial charge in [-0.2, -0.15) is 0 Å². The number of halogens is 1. The topological polar surface area (TPSA) is 84.0 Å². The lowest BCUT2D eigenvalue weighted by Crippen LogP contribution is -2.52. The smallest absolute Gasteiger partial charge is 0.337 e. The minimum Gasteiger partial charge on any atom is -0.465 e. The fourth-order valence-electron chi connectivity index (χ4n) is 5.06. The zero-order valence-corrected chi connectivity index (χ0v) is 22.3. The van der Waals surface area contributed by atoms with Crippen LogP contribution in [0.1, 0.15) is 47.8 Å². The van der Waals surface area contributed by atoms with Gasteiger partial charge < -0.3 is 9.64 Å². The molecule has 2 unspecified atom stereocenters. The molecule has 0 radical (unpaired) electrons. The maximum atomic E-state index is 14.3. The number of carbonyl (C=O) groups is 3. The predicted molar refractivity (Wildman–Crippen MR) is 143 cm³/mol. The first-order valence-electron chi connectivity index (χ1n) is 12.1. The average molecular weight is 535 g/mol. The highest BCUT2D eigenvalue weighted by molar-refractivity contribution is 7.88. The van der Waals surface area contributed by atoms with Gasteiger partial charge in [0.1, 0.15) is 11.6 Å². The Bertz CT molecular complexity index is 1480. The first kappa shape index (κ1) is 25.8. The second kappa shape index (κ2) is 9.16. The number of esters is 1. The summed E-state index contributed by atoms with van der Waals surface area (Å²) in [6.07, 6.45) is 0. The van der Waals surface area contributed by atoms with Crippen LogP contribution in [0.15, 0.2) is 66.7 Å². The molecule has 2 atom stereocenters. The molecule has 2 amide bonds. The van der Waals surface area contributed by atoms with Crippen LogP contribution in [-0.4, -0.2) is 34.9 Å². The number of nitrogens with zero attached hydrogens (tertiary/aromatic N) is 2. The number of carbonyl (C=O) groups excluding carboxylic acids is 3. The van der Waals surface area contributed by atoms with Crippen molar-refractivity contribution in [1.29, 1.82) is 0 Å². The Morgan fingerprint density at radius 2 is 1.68 bits per heavy atom. The molecule has 7 nitrogen and oxygen atoms in total. The molecule has 1 fully saturated rings. The second-order valence-electron chi connectivity index (χ2n) is 10.4. The molecule has 2 heterocycles. The number of hydrogen-bond acceptors (Lipinski definition) is 5. The quantitative estimate of drug-likeness (QED) is 0.463. The third-order valence-electron chi connectivity index (χ3n) is 7.00. The molecule has 9 heteroatoms. The van der Waals surface area contributed by atoms with Crippen LogP contribution in [0.25, 0.3) is 0 Å². The maximum Gasteiger partial charge on any atom is 0.337 e. The highest BCUT2D eigenvalue weighted by atomic mass is 32.2. The number of ether oxygens (including phenoxy) is 1. The molecular weight excluding hydrogens is 507 g/mol. The molecule has 0 aliphatic carbocycles. The van der Waals surface area contributed by atoms with Crippen molar-refractivity contribution in [2.45, 2.75) is 37.6 Å². The second-order valence-corrected chi connectivity index (χ2v) is 12.0. The fraction of sp³-hybridized carbons (Fsp3) is 0.276.